The maximum absolute atomic E-state index is 11.6. The van der Waals surface area contributed by atoms with Crippen molar-refractivity contribution in [3.63, 3.8) is 0 Å². The van der Waals surface area contributed by atoms with Gasteiger partial charge in [-0.25, -0.2) is 0 Å². The lowest BCUT2D eigenvalue weighted by atomic mass is 10.1. The molecule has 0 saturated heterocycles. The second-order valence-electron chi connectivity index (χ2n) is 5.63. The summed E-state index contributed by atoms with van der Waals surface area (Å²) in [5, 5.41) is 14.5. The van der Waals surface area contributed by atoms with Gasteiger partial charge in [-0.15, -0.1) is 0 Å². The van der Waals surface area contributed by atoms with Gasteiger partial charge in [0.05, 0.1) is 12.1 Å². The average molecular weight is 324 g/mol. The van der Waals surface area contributed by atoms with Crippen LogP contribution in [0.3, 0.4) is 0 Å². The van der Waals surface area contributed by atoms with Gasteiger partial charge in [0.1, 0.15) is 0 Å². The van der Waals surface area contributed by atoms with E-state index in [1.165, 1.54) is 0 Å². The van der Waals surface area contributed by atoms with E-state index in [-0.39, 0.29) is 11.3 Å². The maximum Gasteiger partial charge on any atom is 0.248 e. The van der Waals surface area contributed by atoms with Gasteiger partial charge in [-0.2, -0.15) is 0 Å². The van der Waals surface area contributed by atoms with Crippen molar-refractivity contribution < 1.29 is 9.84 Å². The van der Waals surface area contributed by atoms with E-state index in [0.717, 1.165) is 27.7 Å². The number of nitrogens with one attached hydrogen (secondary N) is 2. The summed E-state index contributed by atoms with van der Waals surface area (Å²) in [7, 11) is 0. The molecule has 1 heterocycles. The molecule has 0 atom stereocenters. The van der Waals surface area contributed by atoms with Gasteiger partial charge in [0, 0.05) is 29.2 Å². The number of phenolic OH excluding ortho intramolecular Hbond substituents is 1. The number of aryl methyl sites for hydroxylation is 1. The third-order valence-corrected chi connectivity index (χ3v) is 3.92. The topological polar surface area (TPSA) is 74.3 Å². The molecule has 3 rings (SSSR count). The number of fused-ring (bicyclic) bond motifs is 1. The minimum Gasteiger partial charge on any atom is -0.504 e. The van der Waals surface area contributed by atoms with Crippen LogP contribution < -0.4 is 15.6 Å². The molecule has 3 N–H and O–H groups in total. The van der Waals surface area contributed by atoms with Gasteiger partial charge in [0.2, 0.25) is 5.56 Å². The molecule has 2 aromatic carbocycles. The second-order valence-corrected chi connectivity index (χ2v) is 5.63. The van der Waals surface area contributed by atoms with Crippen molar-refractivity contribution in [2.75, 3.05) is 11.9 Å². The first-order valence-electron chi connectivity index (χ1n) is 7.89. The van der Waals surface area contributed by atoms with Crippen LogP contribution in [0.2, 0.25) is 0 Å². The number of ether oxygens (including phenoxy) is 1. The van der Waals surface area contributed by atoms with Gasteiger partial charge in [-0.1, -0.05) is 18.2 Å². The number of para-hydroxylation sites is 1. The van der Waals surface area contributed by atoms with E-state index >= 15 is 0 Å². The fourth-order valence-corrected chi connectivity index (χ4v) is 2.72. The molecule has 0 unspecified atom stereocenters. The first-order chi connectivity index (χ1) is 11.6. The van der Waals surface area contributed by atoms with Gasteiger partial charge in [0.25, 0.3) is 0 Å². The Labute approximate surface area is 139 Å². The molecule has 5 nitrogen and oxygen atoms in total. The summed E-state index contributed by atoms with van der Waals surface area (Å²) in [6.45, 7) is 4.75. The van der Waals surface area contributed by atoms with Crippen LogP contribution in [0.5, 0.6) is 11.5 Å². The number of aromatic nitrogens is 1. The van der Waals surface area contributed by atoms with E-state index in [4.69, 9.17) is 4.74 Å². The highest BCUT2D eigenvalue weighted by Gasteiger charge is 2.08. The van der Waals surface area contributed by atoms with Crippen molar-refractivity contribution in [1.29, 1.82) is 0 Å². The normalized spacial score (nSPS) is 10.8. The monoisotopic (exact) mass is 324 g/mol. The van der Waals surface area contributed by atoms with Crippen LogP contribution in [0.25, 0.3) is 10.9 Å². The Morgan fingerprint density at radius 2 is 2.04 bits per heavy atom. The van der Waals surface area contributed by atoms with Crippen LogP contribution in [-0.2, 0) is 6.54 Å². The Morgan fingerprint density at radius 1 is 1.21 bits per heavy atom. The Kier molecular flexibility index (Phi) is 4.42. The van der Waals surface area contributed by atoms with E-state index in [0.29, 0.717) is 18.9 Å². The molecule has 1 aromatic heterocycles. The number of pyridine rings is 1. The van der Waals surface area contributed by atoms with E-state index in [2.05, 4.69) is 10.3 Å². The molecule has 0 saturated carbocycles. The second kappa shape index (κ2) is 6.66. The quantitative estimate of drug-likeness (QED) is 0.671. The van der Waals surface area contributed by atoms with Gasteiger partial charge in [-0.05, 0) is 37.6 Å². The minimum absolute atomic E-state index is 0.112. The number of H-pyrrole nitrogens is 1. The first-order valence-corrected chi connectivity index (χ1v) is 7.89. The van der Waals surface area contributed by atoms with E-state index in [1.807, 2.05) is 44.2 Å². The van der Waals surface area contributed by atoms with Gasteiger partial charge < -0.3 is 20.1 Å². The predicted octanol–water partition coefficient (Wildman–Crippen LogP) is 3.55. The standard InChI is InChI=1S/C19H20N2O3/c1-3-24-17-6-4-5-13(19(17)23)11-20-14-7-8-15-12(2)9-18(22)21-16(15)10-14/h4-10,20,23H,3,11H2,1-2H3,(H,21,22). The van der Waals surface area contributed by atoms with Gasteiger partial charge in [-0.3, -0.25) is 4.79 Å². The molecule has 24 heavy (non-hydrogen) atoms. The Balaban J connectivity index is 1.83. The lowest BCUT2D eigenvalue weighted by Crippen LogP contribution is -2.06. The third-order valence-electron chi connectivity index (χ3n) is 3.92. The molecule has 0 aliphatic heterocycles. The number of anilines is 1. The highest BCUT2D eigenvalue weighted by Crippen LogP contribution is 2.30. The highest BCUT2D eigenvalue weighted by molar-refractivity contribution is 5.84. The van der Waals surface area contributed by atoms with Crippen LogP contribution in [0.15, 0.2) is 47.3 Å². The van der Waals surface area contributed by atoms with Crippen molar-refractivity contribution in [3.05, 3.63) is 63.9 Å². The minimum atomic E-state index is -0.112. The van der Waals surface area contributed by atoms with Gasteiger partial charge in [0.15, 0.2) is 11.5 Å². The van der Waals surface area contributed by atoms with Gasteiger partial charge >= 0.3 is 0 Å². The molecule has 0 fully saturated rings. The Morgan fingerprint density at radius 3 is 2.83 bits per heavy atom. The zero-order valence-corrected chi connectivity index (χ0v) is 13.7. The summed E-state index contributed by atoms with van der Waals surface area (Å²) < 4.78 is 5.40. The van der Waals surface area contributed by atoms with Crippen molar-refractivity contribution in [2.24, 2.45) is 0 Å². The van der Waals surface area contributed by atoms with E-state index < -0.39 is 0 Å². The molecule has 0 radical (unpaired) electrons. The van der Waals surface area contributed by atoms with Crippen molar-refractivity contribution in [2.45, 2.75) is 20.4 Å². The Hall–Kier alpha value is -2.95. The SMILES string of the molecule is CCOc1cccc(CNc2ccc3c(C)cc(=O)[nH]c3c2)c1O. The lowest BCUT2D eigenvalue weighted by molar-refractivity contribution is 0.317. The molecule has 0 spiro atoms. The molecule has 0 aliphatic carbocycles. The molecule has 0 aliphatic rings. The summed E-state index contributed by atoms with van der Waals surface area (Å²) in [5.74, 6) is 0.632. The summed E-state index contributed by atoms with van der Waals surface area (Å²) in [6, 6.07) is 12.9. The molecule has 5 heteroatoms. The molecule has 0 bridgehead atoms. The number of phenols is 1. The number of aromatic hydroxyl groups is 1. The van der Waals surface area contributed by atoms with Crippen LogP contribution in [-0.4, -0.2) is 16.7 Å². The lowest BCUT2D eigenvalue weighted by Gasteiger charge is -2.12. The van der Waals surface area contributed by atoms with Crippen LogP contribution in [0, 0.1) is 6.92 Å². The van der Waals surface area contributed by atoms with Crippen molar-refractivity contribution >= 4 is 16.6 Å². The molecule has 0 amide bonds. The summed E-state index contributed by atoms with van der Waals surface area (Å²) >= 11 is 0. The number of benzene rings is 2. The molecular formula is C19H20N2O3. The summed E-state index contributed by atoms with van der Waals surface area (Å²) in [5.41, 5.74) is 3.24. The molecule has 124 valence electrons. The van der Waals surface area contributed by atoms with Crippen LogP contribution in [0.1, 0.15) is 18.1 Å². The third kappa shape index (κ3) is 3.20. The first kappa shape index (κ1) is 15.9. The number of aromatic amines is 1. The summed E-state index contributed by atoms with van der Waals surface area (Å²) in [6.07, 6.45) is 0. The van der Waals surface area contributed by atoms with Crippen LogP contribution >= 0.6 is 0 Å². The number of rotatable bonds is 5. The fourth-order valence-electron chi connectivity index (χ4n) is 2.72. The summed E-state index contributed by atoms with van der Waals surface area (Å²) in [4.78, 5) is 14.5. The van der Waals surface area contributed by atoms with Crippen molar-refractivity contribution in [3.8, 4) is 11.5 Å². The zero-order valence-electron chi connectivity index (χ0n) is 13.7. The van der Waals surface area contributed by atoms with E-state index in [1.54, 1.807) is 12.1 Å². The number of hydrogen-bond acceptors (Lipinski definition) is 4. The smallest absolute Gasteiger partial charge is 0.248 e. The number of hydrogen-bond donors (Lipinski definition) is 3. The molecule has 3 aromatic rings. The highest BCUT2D eigenvalue weighted by atomic mass is 16.5. The fraction of sp³-hybridized carbons (Fsp3) is 0.211. The van der Waals surface area contributed by atoms with E-state index in [9.17, 15) is 9.90 Å². The van der Waals surface area contributed by atoms with Crippen LogP contribution in [0.4, 0.5) is 5.69 Å². The predicted molar refractivity (Wildman–Crippen MR) is 95.9 cm³/mol. The maximum atomic E-state index is 11.6. The molecular weight excluding hydrogens is 304 g/mol. The zero-order chi connectivity index (χ0) is 17.1. The van der Waals surface area contributed by atoms with Crippen molar-refractivity contribution in [1.82, 2.24) is 4.98 Å². The average Bonchev–Trinajstić information content (AvgIpc) is 2.55. The largest absolute Gasteiger partial charge is 0.504 e. The Bertz CT molecular complexity index is 932.